The molecule has 0 radical (unpaired) electrons. The first-order valence-electron chi connectivity index (χ1n) is 16.4. The molecule has 0 unspecified atom stereocenters. The SMILES string of the molecule is CC(C)(C)c1cc(NC(=O)Nc2ccc(-c3cn4c(n3)sc3ccc(OCCN5CCOCC5)cc34)cc2)no1.Cl.Nc1nc2cc(O)ccc2s1. The van der Waals surface area contributed by atoms with Gasteiger partial charge < -0.3 is 30.2 Å². The largest absolute Gasteiger partial charge is 0.508 e. The number of hydrogen-bond acceptors (Lipinski definition) is 12. The Bertz CT molecular complexity index is 2290. The first kappa shape index (κ1) is 36.8. The van der Waals surface area contributed by atoms with Crippen molar-refractivity contribution in [2.24, 2.45) is 0 Å². The van der Waals surface area contributed by atoms with E-state index >= 15 is 0 Å². The number of phenols is 1. The van der Waals surface area contributed by atoms with Gasteiger partial charge in [0, 0.05) is 60.7 Å². The summed E-state index contributed by atoms with van der Waals surface area (Å²) in [5.74, 6) is 2.15. The zero-order chi connectivity index (χ0) is 35.5. The lowest BCUT2D eigenvalue weighted by Crippen LogP contribution is -2.38. The Balaban J connectivity index is 0.000000329. The highest BCUT2D eigenvalue weighted by atomic mass is 35.5. The number of amides is 2. The third kappa shape index (κ3) is 8.74. The standard InChI is InChI=1S/C29H32N6O4S.C7H6N2OS.ClH/c1-29(2,3)25-17-26(33-39-25)32-27(36)30-20-6-4-19(5-7-20)22-18-35-23-16-21(8-9-24(23)40-28(35)31-22)38-15-12-34-10-13-37-14-11-34;8-7-9-5-3-4(10)1-2-6(5)11-7;/h4-9,16-18H,10-15H2,1-3H3,(H2,30,32,33,36);1-3,10H,(H2,8,9);1H. The number of hydrogen-bond donors (Lipinski definition) is 4. The van der Waals surface area contributed by atoms with Crippen molar-refractivity contribution in [3.63, 3.8) is 0 Å². The van der Waals surface area contributed by atoms with Crippen molar-refractivity contribution >= 4 is 83.1 Å². The van der Waals surface area contributed by atoms with E-state index in [0.29, 0.717) is 29.0 Å². The first-order chi connectivity index (χ1) is 24.6. The Hall–Kier alpha value is -4.93. The van der Waals surface area contributed by atoms with Crippen molar-refractivity contribution in [2.75, 3.05) is 55.8 Å². The van der Waals surface area contributed by atoms with Gasteiger partial charge in [0.2, 0.25) is 0 Å². The highest BCUT2D eigenvalue weighted by Crippen LogP contribution is 2.32. The maximum absolute atomic E-state index is 12.4. The highest BCUT2D eigenvalue weighted by molar-refractivity contribution is 7.23. The molecule has 1 saturated heterocycles. The molecule has 7 aromatic rings. The monoisotopic (exact) mass is 762 g/mol. The number of carbonyl (C=O) groups excluding carboxylic acids is 1. The van der Waals surface area contributed by atoms with Crippen molar-refractivity contribution in [3.05, 3.63) is 78.7 Å². The number of aromatic nitrogens is 4. The highest BCUT2D eigenvalue weighted by Gasteiger charge is 2.20. The van der Waals surface area contributed by atoms with Crippen LogP contribution in [0.5, 0.6) is 11.5 Å². The molecule has 4 aromatic heterocycles. The van der Waals surface area contributed by atoms with Gasteiger partial charge in [-0.15, -0.1) is 12.4 Å². The molecule has 52 heavy (non-hydrogen) atoms. The number of anilines is 3. The fourth-order valence-electron chi connectivity index (χ4n) is 5.45. The molecule has 0 aliphatic carbocycles. The molecule has 0 bridgehead atoms. The van der Waals surface area contributed by atoms with Crippen LogP contribution in [0.2, 0.25) is 0 Å². The molecule has 5 N–H and O–H groups in total. The van der Waals surface area contributed by atoms with Crippen LogP contribution in [0.1, 0.15) is 26.5 Å². The Morgan fingerprint density at radius 2 is 1.75 bits per heavy atom. The number of imidazole rings is 1. The molecule has 272 valence electrons. The molecule has 5 heterocycles. The van der Waals surface area contributed by atoms with Crippen LogP contribution in [0.3, 0.4) is 0 Å². The van der Waals surface area contributed by atoms with Crippen molar-refractivity contribution in [2.45, 2.75) is 26.2 Å². The lowest BCUT2D eigenvalue weighted by atomic mass is 9.93. The van der Waals surface area contributed by atoms with E-state index in [2.05, 4.69) is 42.2 Å². The molecule has 2 amide bonds. The van der Waals surface area contributed by atoms with Crippen LogP contribution in [0.4, 0.5) is 21.4 Å². The van der Waals surface area contributed by atoms with Gasteiger partial charge >= 0.3 is 6.03 Å². The second kappa shape index (κ2) is 15.8. The summed E-state index contributed by atoms with van der Waals surface area (Å²) in [6.07, 6.45) is 2.04. The van der Waals surface area contributed by atoms with E-state index in [-0.39, 0.29) is 23.6 Å². The average molecular weight is 763 g/mol. The van der Waals surface area contributed by atoms with Gasteiger partial charge in [0.05, 0.1) is 39.3 Å². The van der Waals surface area contributed by atoms with E-state index in [1.807, 2.05) is 57.3 Å². The molecule has 1 aliphatic heterocycles. The summed E-state index contributed by atoms with van der Waals surface area (Å²) < 4.78 is 21.1. The molecule has 13 nitrogen and oxygen atoms in total. The van der Waals surface area contributed by atoms with Crippen LogP contribution in [0, 0.1) is 0 Å². The molecule has 0 spiro atoms. The summed E-state index contributed by atoms with van der Waals surface area (Å²) in [7, 11) is 0. The lowest BCUT2D eigenvalue weighted by molar-refractivity contribution is 0.0322. The van der Waals surface area contributed by atoms with E-state index in [0.717, 1.165) is 75.2 Å². The Morgan fingerprint density at radius 3 is 2.50 bits per heavy atom. The van der Waals surface area contributed by atoms with Gasteiger partial charge in [0.15, 0.2) is 15.9 Å². The third-order valence-corrected chi connectivity index (χ3v) is 10.1. The topological polar surface area (TPSA) is 165 Å². The minimum atomic E-state index is -0.390. The molecular formula is C36H39ClN8O5S2. The van der Waals surface area contributed by atoms with Crippen LogP contribution >= 0.6 is 35.1 Å². The first-order valence-corrected chi connectivity index (χ1v) is 18.1. The number of thiazole rings is 2. The molecule has 3 aromatic carbocycles. The minimum Gasteiger partial charge on any atom is -0.508 e. The number of benzene rings is 3. The predicted octanol–water partition coefficient (Wildman–Crippen LogP) is 7.86. The summed E-state index contributed by atoms with van der Waals surface area (Å²) in [4.78, 5) is 24.6. The smallest absolute Gasteiger partial charge is 0.324 e. The second-order valence-corrected chi connectivity index (χ2v) is 15.1. The number of halogens is 1. The molecule has 1 aliphatic rings. The molecule has 1 fully saturated rings. The summed E-state index contributed by atoms with van der Waals surface area (Å²) >= 11 is 3.06. The molecular weight excluding hydrogens is 724 g/mol. The Labute approximate surface area is 313 Å². The fourth-order valence-corrected chi connectivity index (χ4v) is 7.15. The summed E-state index contributed by atoms with van der Waals surface area (Å²) in [5.41, 5.74) is 9.58. The summed E-state index contributed by atoms with van der Waals surface area (Å²) in [5, 5.41) is 19.1. The number of urea groups is 1. The van der Waals surface area contributed by atoms with Gasteiger partial charge in [-0.25, -0.2) is 14.8 Å². The number of aromatic hydroxyl groups is 1. The number of nitrogens with one attached hydrogen (secondary N) is 2. The number of phenolic OH excluding ortho intramolecular Hbond substituents is 1. The number of ether oxygens (including phenoxy) is 2. The predicted molar refractivity (Wildman–Crippen MR) is 210 cm³/mol. The lowest BCUT2D eigenvalue weighted by Gasteiger charge is -2.26. The maximum atomic E-state index is 12.4. The van der Waals surface area contributed by atoms with Gasteiger partial charge in [-0.2, -0.15) is 0 Å². The summed E-state index contributed by atoms with van der Waals surface area (Å²) in [6, 6.07) is 20.1. The maximum Gasteiger partial charge on any atom is 0.324 e. The Morgan fingerprint density at radius 1 is 0.981 bits per heavy atom. The minimum absolute atomic E-state index is 0. The molecule has 0 saturated carbocycles. The zero-order valence-corrected chi connectivity index (χ0v) is 31.2. The third-order valence-electron chi connectivity index (χ3n) is 8.16. The van der Waals surface area contributed by atoms with Gasteiger partial charge in [-0.1, -0.05) is 60.7 Å². The number of nitrogens with two attached hydrogens (primary N) is 1. The van der Waals surface area contributed by atoms with E-state index in [1.165, 1.54) is 11.3 Å². The van der Waals surface area contributed by atoms with Crippen molar-refractivity contribution in [1.29, 1.82) is 0 Å². The normalized spacial score (nSPS) is 13.4. The number of carbonyl (C=O) groups is 1. The summed E-state index contributed by atoms with van der Waals surface area (Å²) in [6.45, 7) is 11.1. The van der Waals surface area contributed by atoms with E-state index in [4.69, 9.17) is 29.8 Å². The quantitative estimate of drug-likeness (QED) is 0.126. The molecule has 8 rings (SSSR count). The number of nitrogen functional groups attached to an aromatic ring is 1. The Kier molecular flexibility index (Phi) is 11.2. The van der Waals surface area contributed by atoms with Crippen molar-refractivity contribution < 1.29 is 23.9 Å². The second-order valence-electron chi connectivity index (χ2n) is 13.0. The molecule has 16 heteroatoms. The zero-order valence-electron chi connectivity index (χ0n) is 28.8. The van der Waals surface area contributed by atoms with Crippen LogP contribution in [0.15, 0.2) is 77.4 Å². The van der Waals surface area contributed by atoms with Crippen molar-refractivity contribution in [3.8, 4) is 22.8 Å². The van der Waals surface area contributed by atoms with Crippen LogP contribution in [-0.4, -0.2) is 75.0 Å². The van der Waals surface area contributed by atoms with Gasteiger partial charge in [-0.3, -0.25) is 14.6 Å². The van der Waals surface area contributed by atoms with Gasteiger partial charge in [0.1, 0.15) is 23.9 Å². The molecule has 0 atom stereocenters. The van der Waals surface area contributed by atoms with E-state index in [1.54, 1.807) is 35.6 Å². The van der Waals surface area contributed by atoms with Crippen LogP contribution < -0.4 is 21.1 Å². The number of nitrogens with zero attached hydrogens (tertiary/aromatic N) is 5. The van der Waals surface area contributed by atoms with E-state index in [9.17, 15) is 4.79 Å². The van der Waals surface area contributed by atoms with Crippen molar-refractivity contribution in [1.82, 2.24) is 24.4 Å². The van der Waals surface area contributed by atoms with Gasteiger partial charge in [-0.05, 0) is 36.4 Å². The number of fused-ring (bicyclic) bond motifs is 4. The number of rotatable bonds is 7. The average Bonchev–Trinajstić information content (AvgIpc) is 3.89. The van der Waals surface area contributed by atoms with Crippen LogP contribution in [0.25, 0.3) is 36.7 Å². The fraction of sp³-hybridized carbons (Fsp3) is 0.278. The number of morpholine rings is 1. The van der Waals surface area contributed by atoms with Gasteiger partial charge in [0.25, 0.3) is 0 Å². The van der Waals surface area contributed by atoms with E-state index < -0.39 is 6.03 Å². The van der Waals surface area contributed by atoms with Crippen LogP contribution in [-0.2, 0) is 10.2 Å².